The van der Waals surface area contributed by atoms with E-state index >= 15 is 0 Å². The summed E-state index contributed by atoms with van der Waals surface area (Å²) in [5.74, 6) is 1.64. The number of aliphatic imine (C=N–C) groups is 1. The van der Waals surface area contributed by atoms with Crippen molar-refractivity contribution >= 4 is 5.71 Å². The summed E-state index contributed by atoms with van der Waals surface area (Å²) in [5.41, 5.74) is 3.98. The Kier molecular flexibility index (Phi) is 4.98. The van der Waals surface area contributed by atoms with Crippen molar-refractivity contribution in [3.8, 4) is 0 Å². The molecule has 0 aromatic carbocycles. The maximum Gasteiger partial charge on any atom is 0.0313 e. The van der Waals surface area contributed by atoms with Gasteiger partial charge in [-0.2, -0.15) is 0 Å². The molecule has 1 aliphatic carbocycles. The van der Waals surface area contributed by atoms with E-state index in [1.807, 2.05) is 7.05 Å². The van der Waals surface area contributed by atoms with E-state index in [4.69, 9.17) is 0 Å². The summed E-state index contributed by atoms with van der Waals surface area (Å²) in [4.78, 5) is 4.19. The van der Waals surface area contributed by atoms with Crippen LogP contribution in [0.1, 0.15) is 46.5 Å². The molecule has 0 aromatic rings. The molecule has 1 rings (SSSR count). The molecule has 1 nitrogen and oxygen atoms in total. The predicted molar refractivity (Wildman–Crippen MR) is 73.1 cm³/mol. The van der Waals surface area contributed by atoms with Crippen LogP contribution in [0, 0.1) is 11.8 Å². The van der Waals surface area contributed by atoms with Gasteiger partial charge in [0, 0.05) is 12.8 Å². The zero-order valence-corrected chi connectivity index (χ0v) is 11.2. The summed E-state index contributed by atoms with van der Waals surface area (Å²) in [7, 11) is 1.86. The third-order valence-electron chi connectivity index (χ3n) is 3.61. The first-order valence-electron chi connectivity index (χ1n) is 6.29. The summed E-state index contributed by atoms with van der Waals surface area (Å²) < 4.78 is 0. The molecule has 1 heteroatoms. The predicted octanol–water partition coefficient (Wildman–Crippen LogP) is 4.41. The van der Waals surface area contributed by atoms with Gasteiger partial charge < -0.3 is 0 Å². The molecule has 90 valence electrons. The van der Waals surface area contributed by atoms with Gasteiger partial charge >= 0.3 is 0 Å². The summed E-state index contributed by atoms with van der Waals surface area (Å²) in [6.07, 6.45) is 7.51. The van der Waals surface area contributed by atoms with Gasteiger partial charge in [0.25, 0.3) is 0 Å². The fraction of sp³-hybridized carbons (Fsp3) is 0.667. The quantitative estimate of drug-likeness (QED) is 0.490. The Morgan fingerprint density at radius 1 is 1.31 bits per heavy atom. The van der Waals surface area contributed by atoms with Gasteiger partial charge in [-0.25, -0.2) is 0 Å². The molecule has 0 heterocycles. The minimum Gasteiger partial charge on any atom is -0.293 e. The zero-order valence-electron chi connectivity index (χ0n) is 11.2. The van der Waals surface area contributed by atoms with Crippen molar-refractivity contribution in [3.63, 3.8) is 0 Å². The second kappa shape index (κ2) is 6.03. The standard InChI is InChI=1S/C15H25N/c1-11(2)8-14-6-7-15(10-14)12(3)9-13(4)16-5/h9,14-15H,1,6-8,10H2,2-5H3/b12-9+,16-13?. The van der Waals surface area contributed by atoms with Gasteiger partial charge in [-0.15, -0.1) is 6.58 Å². The lowest BCUT2D eigenvalue weighted by atomic mass is 9.94. The van der Waals surface area contributed by atoms with Crippen LogP contribution in [-0.4, -0.2) is 12.8 Å². The summed E-state index contributed by atoms with van der Waals surface area (Å²) in [5, 5.41) is 0. The van der Waals surface area contributed by atoms with E-state index in [1.54, 1.807) is 0 Å². The van der Waals surface area contributed by atoms with Gasteiger partial charge in [0.2, 0.25) is 0 Å². The van der Waals surface area contributed by atoms with Crippen LogP contribution < -0.4 is 0 Å². The molecule has 1 aliphatic rings. The topological polar surface area (TPSA) is 12.4 Å². The molecular formula is C15H25N. The lowest BCUT2D eigenvalue weighted by Crippen LogP contribution is -2.00. The van der Waals surface area contributed by atoms with Crippen LogP contribution in [0.2, 0.25) is 0 Å². The van der Waals surface area contributed by atoms with Crippen molar-refractivity contribution in [2.45, 2.75) is 46.5 Å². The van der Waals surface area contributed by atoms with E-state index < -0.39 is 0 Å². The molecule has 2 unspecified atom stereocenters. The largest absolute Gasteiger partial charge is 0.293 e. The highest BCUT2D eigenvalue weighted by molar-refractivity contribution is 5.93. The van der Waals surface area contributed by atoms with Gasteiger partial charge in [-0.3, -0.25) is 4.99 Å². The molecule has 0 saturated heterocycles. The van der Waals surface area contributed by atoms with E-state index in [2.05, 4.69) is 38.4 Å². The van der Waals surface area contributed by atoms with Crippen molar-refractivity contribution in [3.05, 3.63) is 23.8 Å². The number of rotatable bonds is 4. The molecule has 0 aliphatic heterocycles. The minimum atomic E-state index is 0.779. The summed E-state index contributed by atoms with van der Waals surface area (Å²) >= 11 is 0. The van der Waals surface area contributed by atoms with Crippen molar-refractivity contribution in [2.75, 3.05) is 7.05 Å². The second-order valence-electron chi connectivity index (χ2n) is 5.29. The van der Waals surface area contributed by atoms with Crippen LogP contribution in [-0.2, 0) is 0 Å². The van der Waals surface area contributed by atoms with Crippen LogP contribution >= 0.6 is 0 Å². The first-order chi connectivity index (χ1) is 7.52. The fourth-order valence-electron chi connectivity index (χ4n) is 2.68. The highest BCUT2D eigenvalue weighted by Crippen LogP contribution is 2.38. The Morgan fingerprint density at radius 3 is 2.56 bits per heavy atom. The van der Waals surface area contributed by atoms with Crippen LogP contribution in [0.4, 0.5) is 0 Å². The third kappa shape index (κ3) is 3.96. The molecule has 0 bridgehead atoms. The molecule has 0 spiro atoms. The number of hydrogen-bond donors (Lipinski definition) is 0. The van der Waals surface area contributed by atoms with Crippen LogP contribution in [0.5, 0.6) is 0 Å². The minimum absolute atomic E-state index is 0.779. The molecule has 0 aromatic heterocycles. The van der Waals surface area contributed by atoms with E-state index in [9.17, 15) is 0 Å². The first kappa shape index (κ1) is 13.2. The maximum absolute atomic E-state index is 4.19. The number of nitrogens with zero attached hydrogens (tertiary/aromatic N) is 1. The highest BCUT2D eigenvalue weighted by atomic mass is 14.7. The lowest BCUT2D eigenvalue weighted by molar-refractivity contribution is 0.521. The smallest absolute Gasteiger partial charge is 0.0313 e. The van der Waals surface area contributed by atoms with E-state index in [0.29, 0.717) is 0 Å². The lowest BCUT2D eigenvalue weighted by Gasteiger charge is -2.12. The molecule has 1 saturated carbocycles. The molecule has 1 fully saturated rings. The van der Waals surface area contributed by atoms with Crippen LogP contribution in [0.15, 0.2) is 28.8 Å². The zero-order chi connectivity index (χ0) is 12.1. The van der Waals surface area contributed by atoms with Crippen molar-refractivity contribution in [1.82, 2.24) is 0 Å². The molecule has 2 atom stereocenters. The van der Waals surface area contributed by atoms with Crippen molar-refractivity contribution < 1.29 is 0 Å². The Balaban J connectivity index is 2.52. The highest BCUT2D eigenvalue weighted by Gasteiger charge is 2.25. The number of allylic oxidation sites excluding steroid dienone is 3. The second-order valence-corrected chi connectivity index (χ2v) is 5.29. The first-order valence-corrected chi connectivity index (χ1v) is 6.29. The fourth-order valence-corrected chi connectivity index (χ4v) is 2.68. The van der Waals surface area contributed by atoms with Gasteiger partial charge in [0.15, 0.2) is 0 Å². The summed E-state index contributed by atoms with van der Waals surface area (Å²) in [6, 6.07) is 0. The van der Waals surface area contributed by atoms with Gasteiger partial charge in [0.1, 0.15) is 0 Å². The average molecular weight is 219 g/mol. The molecule has 16 heavy (non-hydrogen) atoms. The molecule has 0 N–H and O–H groups in total. The van der Waals surface area contributed by atoms with Gasteiger partial charge in [-0.1, -0.05) is 11.1 Å². The normalized spacial score (nSPS) is 27.2. The van der Waals surface area contributed by atoms with Crippen molar-refractivity contribution in [2.24, 2.45) is 16.8 Å². The molecule has 0 amide bonds. The van der Waals surface area contributed by atoms with E-state index in [1.165, 1.54) is 36.8 Å². The van der Waals surface area contributed by atoms with Crippen molar-refractivity contribution in [1.29, 1.82) is 0 Å². The number of hydrogen-bond acceptors (Lipinski definition) is 1. The Bertz CT molecular complexity index is 309. The Morgan fingerprint density at radius 2 is 2.00 bits per heavy atom. The van der Waals surface area contributed by atoms with E-state index in [0.717, 1.165) is 17.5 Å². The molecule has 0 radical (unpaired) electrons. The van der Waals surface area contributed by atoms with E-state index in [-0.39, 0.29) is 0 Å². The molecular weight excluding hydrogens is 194 g/mol. The maximum atomic E-state index is 4.19. The monoisotopic (exact) mass is 219 g/mol. The Hall–Kier alpha value is -0.850. The van der Waals surface area contributed by atoms with Crippen LogP contribution in [0.3, 0.4) is 0 Å². The van der Waals surface area contributed by atoms with Crippen LogP contribution in [0.25, 0.3) is 0 Å². The van der Waals surface area contributed by atoms with Gasteiger partial charge in [-0.05, 0) is 64.4 Å². The average Bonchev–Trinajstić information content (AvgIpc) is 2.65. The van der Waals surface area contributed by atoms with Gasteiger partial charge in [0.05, 0.1) is 0 Å². The SMILES string of the molecule is C=C(C)CC1CCC(/C(C)=C/C(C)=NC)C1. The third-order valence-corrected chi connectivity index (χ3v) is 3.61. The Labute approximate surface area is 100 Å². The summed E-state index contributed by atoms with van der Waals surface area (Å²) in [6.45, 7) is 10.5.